The van der Waals surface area contributed by atoms with Gasteiger partial charge in [-0.3, -0.25) is 9.59 Å². The normalized spacial score (nSPS) is 39.6. The molecule has 2 aromatic carbocycles. The van der Waals surface area contributed by atoms with E-state index in [0.29, 0.717) is 35.1 Å². The number of halogens is 2. The Morgan fingerprint density at radius 3 is 2.70 bits per heavy atom. The molecular weight excluding hydrogens is 587 g/mol. The van der Waals surface area contributed by atoms with Gasteiger partial charge in [-0.1, -0.05) is 86.3 Å². The van der Waals surface area contributed by atoms with Gasteiger partial charge in [0, 0.05) is 27.5 Å². The summed E-state index contributed by atoms with van der Waals surface area (Å²) in [5.41, 5.74) is -1.22. The Morgan fingerprint density at radius 2 is 1.93 bits per heavy atom. The summed E-state index contributed by atoms with van der Waals surface area (Å²) in [7, 11) is 0. The number of hydrogen-bond acceptors (Lipinski definition) is 6. The number of ether oxygens (including phenoxy) is 3. The molecule has 1 aliphatic heterocycles. The highest BCUT2D eigenvalue weighted by molar-refractivity contribution is 6.40. The van der Waals surface area contributed by atoms with Gasteiger partial charge < -0.3 is 19.3 Å². The first-order chi connectivity index (χ1) is 20.5. The fraction of sp³-hybridized carbons (Fsp3) is 0.543. The second-order valence-electron chi connectivity index (χ2n) is 13.6. The number of fused-ring (bicyclic) bond motifs is 8. The number of rotatable bonds is 6. The van der Waals surface area contributed by atoms with Crippen LogP contribution in [0.5, 0.6) is 5.75 Å². The monoisotopic (exact) mass is 624 g/mol. The topological polar surface area (TPSA) is 82.1 Å². The van der Waals surface area contributed by atoms with Crippen LogP contribution in [0.3, 0.4) is 0 Å². The Kier molecular flexibility index (Phi) is 7.14. The minimum atomic E-state index is -1.26. The lowest BCUT2D eigenvalue weighted by Gasteiger charge is -2.59. The van der Waals surface area contributed by atoms with Crippen molar-refractivity contribution in [3.05, 3.63) is 64.2 Å². The van der Waals surface area contributed by atoms with Crippen LogP contribution in [0.2, 0.25) is 10.0 Å². The molecule has 4 aliphatic carbocycles. The standard InChI is InChI=1S/C35H38Cl2O6/c1-4-7-30-42-29-15-24-23-11-10-19-14-20(38)12-13-33(19,2)31(23)27(39)17-34(24,3)35(29,43-30)28(40)18-41-32-22-9-6-5-8-21(22)25(36)16-26(32)37/h5-6,8-9,12-14,16,23-24,27,29-31,39H,4,7,10-11,15,17-18H2,1-3H3/t23?,24?,27?,29-,30?,31?,33?,34?,35-/m1/s1. The van der Waals surface area contributed by atoms with Crippen molar-refractivity contribution in [2.24, 2.45) is 28.6 Å². The number of aliphatic hydroxyl groups excluding tert-OH is 1. The van der Waals surface area contributed by atoms with E-state index in [1.54, 1.807) is 18.2 Å². The van der Waals surface area contributed by atoms with E-state index >= 15 is 0 Å². The van der Waals surface area contributed by atoms with Gasteiger partial charge in [0.2, 0.25) is 5.78 Å². The largest absolute Gasteiger partial charge is 0.483 e. The number of allylic oxidation sites excluding steroid dienone is 4. The quantitative estimate of drug-likeness (QED) is 0.364. The van der Waals surface area contributed by atoms with E-state index in [9.17, 15) is 14.7 Å². The van der Waals surface area contributed by atoms with Crippen LogP contribution in [0.25, 0.3) is 10.8 Å². The van der Waals surface area contributed by atoms with E-state index in [1.165, 1.54) is 0 Å². The molecule has 7 unspecified atom stereocenters. The first-order valence-corrected chi connectivity index (χ1v) is 16.3. The number of benzene rings is 2. The Morgan fingerprint density at radius 1 is 1.16 bits per heavy atom. The third-order valence-corrected chi connectivity index (χ3v) is 12.1. The molecule has 1 heterocycles. The molecule has 3 saturated carbocycles. The van der Waals surface area contributed by atoms with Gasteiger partial charge in [0.05, 0.1) is 22.3 Å². The minimum absolute atomic E-state index is 0.0124. The van der Waals surface area contributed by atoms with E-state index in [2.05, 4.69) is 20.8 Å². The van der Waals surface area contributed by atoms with Crippen LogP contribution in [0.1, 0.15) is 59.3 Å². The van der Waals surface area contributed by atoms with Gasteiger partial charge in [0.1, 0.15) is 12.4 Å². The van der Waals surface area contributed by atoms with Gasteiger partial charge in [-0.25, -0.2) is 0 Å². The van der Waals surface area contributed by atoms with Crippen LogP contribution in [0, 0.1) is 28.6 Å². The van der Waals surface area contributed by atoms with Gasteiger partial charge in [-0.15, -0.1) is 0 Å². The Labute approximate surface area is 262 Å². The van der Waals surface area contributed by atoms with Gasteiger partial charge in [0.15, 0.2) is 17.7 Å². The van der Waals surface area contributed by atoms with Crippen LogP contribution < -0.4 is 4.74 Å². The zero-order chi connectivity index (χ0) is 30.3. The summed E-state index contributed by atoms with van der Waals surface area (Å²) in [6.45, 7) is 6.10. The molecule has 1 N–H and O–H groups in total. The molecule has 5 aliphatic rings. The zero-order valence-corrected chi connectivity index (χ0v) is 26.3. The van der Waals surface area contributed by atoms with Crippen molar-refractivity contribution in [3.8, 4) is 5.75 Å². The fourth-order valence-corrected chi connectivity index (χ4v) is 10.3. The van der Waals surface area contributed by atoms with Gasteiger partial charge in [-0.05, 0) is 62.2 Å². The number of Topliss-reactive ketones (excluding diaryl/α,β-unsaturated/α-hetero) is 1. The van der Waals surface area contributed by atoms with E-state index in [-0.39, 0.29) is 35.9 Å². The molecule has 1 saturated heterocycles. The first-order valence-electron chi connectivity index (χ1n) is 15.5. The van der Waals surface area contributed by atoms with Crippen molar-refractivity contribution in [2.75, 3.05) is 6.61 Å². The molecule has 4 fully saturated rings. The van der Waals surface area contributed by atoms with Crippen LogP contribution in [0.4, 0.5) is 0 Å². The van der Waals surface area contributed by atoms with E-state index in [0.717, 1.165) is 35.6 Å². The van der Waals surface area contributed by atoms with Crippen molar-refractivity contribution in [1.82, 2.24) is 0 Å². The van der Waals surface area contributed by atoms with Crippen LogP contribution in [-0.4, -0.2) is 47.4 Å². The molecule has 0 aromatic heterocycles. The van der Waals surface area contributed by atoms with Crippen molar-refractivity contribution in [2.45, 2.75) is 83.4 Å². The smallest absolute Gasteiger partial charge is 0.205 e. The van der Waals surface area contributed by atoms with E-state index in [1.807, 2.05) is 30.3 Å². The summed E-state index contributed by atoms with van der Waals surface area (Å²) >= 11 is 13.0. The third kappa shape index (κ3) is 4.16. The van der Waals surface area contributed by atoms with Crippen molar-refractivity contribution in [1.29, 1.82) is 0 Å². The summed E-state index contributed by atoms with van der Waals surface area (Å²) in [6, 6.07) is 9.19. The summed E-state index contributed by atoms with van der Waals surface area (Å²) < 4.78 is 19.5. The molecule has 8 heteroatoms. The van der Waals surface area contributed by atoms with Crippen molar-refractivity contribution >= 4 is 45.5 Å². The van der Waals surface area contributed by atoms with E-state index in [4.69, 9.17) is 37.4 Å². The zero-order valence-electron chi connectivity index (χ0n) is 24.8. The molecule has 0 bridgehead atoms. The molecule has 0 radical (unpaired) electrons. The first kappa shape index (κ1) is 29.5. The summed E-state index contributed by atoms with van der Waals surface area (Å²) in [5.74, 6) is 0.431. The number of carbonyl (C=O) groups is 2. The molecule has 2 aromatic rings. The maximum Gasteiger partial charge on any atom is 0.205 e. The third-order valence-electron chi connectivity index (χ3n) is 11.5. The van der Waals surface area contributed by atoms with Gasteiger partial charge >= 0.3 is 0 Å². The second-order valence-corrected chi connectivity index (χ2v) is 14.4. The predicted octanol–water partition coefficient (Wildman–Crippen LogP) is 7.26. The molecule has 43 heavy (non-hydrogen) atoms. The number of carbonyl (C=O) groups excluding carboxylic acids is 2. The Bertz CT molecular complexity index is 1570. The van der Waals surface area contributed by atoms with Crippen LogP contribution in [0.15, 0.2) is 54.1 Å². The summed E-state index contributed by atoms with van der Waals surface area (Å²) in [4.78, 5) is 26.8. The highest BCUT2D eigenvalue weighted by atomic mass is 35.5. The lowest BCUT2D eigenvalue weighted by atomic mass is 9.46. The average Bonchev–Trinajstić information content (AvgIpc) is 3.45. The van der Waals surface area contributed by atoms with Crippen LogP contribution in [-0.2, 0) is 19.1 Å². The summed E-state index contributed by atoms with van der Waals surface area (Å²) in [5, 5.41) is 14.3. The average molecular weight is 626 g/mol. The fourth-order valence-electron chi connectivity index (χ4n) is 9.67. The lowest BCUT2D eigenvalue weighted by molar-refractivity contribution is -0.200. The Hall–Kier alpha value is -2.22. The maximum absolute atomic E-state index is 14.6. The molecule has 6 nitrogen and oxygen atoms in total. The number of hydrogen-bond donors (Lipinski definition) is 1. The van der Waals surface area contributed by atoms with Crippen LogP contribution >= 0.6 is 23.2 Å². The van der Waals surface area contributed by atoms with E-state index < -0.39 is 34.9 Å². The van der Waals surface area contributed by atoms with Crippen molar-refractivity contribution < 1.29 is 28.9 Å². The molecule has 7 rings (SSSR count). The molecule has 0 amide bonds. The molecule has 228 valence electrons. The number of ketones is 2. The summed E-state index contributed by atoms with van der Waals surface area (Å²) in [6.07, 6.45) is 8.07. The highest BCUT2D eigenvalue weighted by Crippen LogP contribution is 2.69. The predicted molar refractivity (Wildman–Crippen MR) is 165 cm³/mol. The molecule has 9 atom stereocenters. The Balaban J connectivity index is 1.24. The number of aliphatic hydroxyl groups is 1. The minimum Gasteiger partial charge on any atom is -0.483 e. The van der Waals surface area contributed by atoms with Gasteiger partial charge in [-0.2, -0.15) is 0 Å². The maximum atomic E-state index is 14.6. The molecular formula is C35H38Cl2O6. The lowest BCUT2D eigenvalue weighted by Crippen LogP contribution is -2.63. The van der Waals surface area contributed by atoms with Gasteiger partial charge in [0.25, 0.3) is 0 Å². The second kappa shape index (κ2) is 10.4. The molecule has 0 spiro atoms. The highest BCUT2D eigenvalue weighted by Gasteiger charge is 2.75. The van der Waals surface area contributed by atoms with Crippen molar-refractivity contribution in [3.63, 3.8) is 0 Å². The SMILES string of the molecule is CCCC1O[C@@H]2CC3C4CCC5=CC(=O)C=CC5(C)C4C(O)CC3(C)[C@]2(C(=O)COc2c(Cl)cc(Cl)c3ccccc23)O1.